The summed E-state index contributed by atoms with van der Waals surface area (Å²) in [6, 6.07) is 7.96. The standard InChI is InChI=1S/C20H27N5O3/c1-22(15-8-4-3-5-9-15)18(26)14-24-20(27)25-17-11-7-6-10-16(17)23(12-13-28-2)19(25)21-24/h6-7,10-11,15H,3-5,8-9,12-14H2,1-2H3. The highest BCUT2D eigenvalue weighted by molar-refractivity contribution is 5.81. The zero-order valence-corrected chi connectivity index (χ0v) is 16.5. The normalized spacial score (nSPS) is 15.5. The van der Waals surface area contributed by atoms with E-state index in [1.807, 2.05) is 35.9 Å². The monoisotopic (exact) mass is 385 g/mol. The Hall–Kier alpha value is -2.61. The van der Waals surface area contributed by atoms with Crippen molar-refractivity contribution in [1.29, 1.82) is 0 Å². The van der Waals surface area contributed by atoms with E-state index in [4.69, 9.17) is 4.74 Å². The number of ether oxygens (including phenoxy) is 1. The number of likely N-dealkylation sites (N-methyl/N-ethyl adjacent to an activating group) is 1. The Balaban J connectivity index is 1.67. The van der Waals surface area contributed by atoms with Crippen molar-refractivity contribution in [2.24, 2.45) is 0 Å². The van der Waals surface area contributed by atoms with Crippen LogP contribution in [0.2, 0.25) is 0 Å². The molecule has 2 heterocycles. The van der Waals surface area contributed by atoms with Gasteiger partial charge in [-0.2, -0.15) is 0 Å². The number of hydrogen-bond acceptors (Lipinski definition) is 4. The predicted molar refractivity (Wildman–Crippen MR) is 106 cm³/mol. The van der Waals surface area contributed by atoms with Crippen molar-refractivity contribution in [3.63, 3.8) is 0 Å². The summed E-state index contributed by atoms with van der Waals surface area (Å²) in [6.07, 6.45) is 5.63. The average molecular weight is 385 g/mol. The first-order valence-electron chi connectivity index (χ1n) is 9.93. The van der Waals surface area contributed by atoms with E-state index in [-0.39, 0.29) is 24.2 Å². The van der Waals surface area contributed by atoms with Crippen LogP contribution in [0.4, 0.5) is 0 Å². The minimum atomic E-state index is -0.284. The summed E-state index contributed by atoms with van der Waals surface area (Å²) in [7, 11) is 3.49. The molecule has 1 amide bonds. The molecule has 0 saturated heterocycles. The number of rotatable bonds is 6. The molecule has 2 aromatic heterocycles. The molecule has 1 fully saturated rings. The zero-order valence-electron chi connectivity index (χ0n) is 16.5. The minimum absolute atomic E-state index is 0.0356. The van der Waals surface area contributed by atoms with Crippen LogP contribution in [0.15, 0.2) is 29.1 Å². The first-order valence-corrected chi connectivity index (χ1v) is 9.93. The number of benzene rings is 1. The molecule has 0 atom stereocenters. The molecule has 0 radical (unpaired) electrons. The lowest BCUT2D eigenvalue weighted by molar-refractivity contribution is -0.133. The molecule has 1 aromatic carbocycles. The molecule has 1 saturated carbocycles. The number of aromatic nitrogens is 4. The van der Waals surface area contributed by atoms with Crippen LogP contribution in [0.25, 0.3) is 16.8 Å². The second-order valence-electron chi connectivity index (χ2n) is 7.51. The Morgan fingerprint density at radius 2 is 1.93 bits per heavy atom. The van der Waals surface area contributed by atoms with Crippen molar-refractivity contribution in [2.45, 2.75) is 51.2 Å². The van der Waals surface area contributed by atoms with Gasteiger partial charge in [-0.25, -0.2) is 13.9 Å². The summed E-state index contributed by atoms with van der Waals surface area (Å²) < 4.78 is 10.0. The Morgan fingerprint density at radius 3 is 2.64 bits per heavy atom. The Kier molecular flexibility index (Phi) is 5.21. The maximum absolute atomic E-state index is 13.0. The Labute approximate surface area is 163 Å². The van der Waals surface area contributed by atoms with Crippen molar-refractivity contribution >= 4 is 22.7 Å². The highest BCUT2D eigenvalue weighted by Gasteiger charge is 2.24. The van der Waals surface area contributed by atoms with Gasteiger partial charge in [0, 0.05) is 26.7 Å². The third-order valence-corrected chi connectivity index (χ3v) is 5.80. The molecular weight excluding hydrogens is 358 g/mol. The zero-order chi connectivity index (χ0) is 19.7. The number of carbonyl (C=O) groups excluding carboxylic acids is 1. The summed E-state index contributed by atoms with van der Waals surface area (Å²) in [6.45, 7) is 1.06. The fraction of sp³-hybridized carbons (Fsp3) is 0.550. The van der Waals surface area contributed by atoms with E-state index >= 15 is 0 Å². The summed E-state index contributed by atoms with van der Waals surface area (Å²) in [4.78, 5) is 27.6. The van der Waals surface area contributed by atoms with Gasteiger partial charge in [-0.3, -0.25) is 4.79 Å². The summed E-state index contributed by atoms with van der Waals surface area (Å²) in [5.74, 6) is 0.471. The smallest absolute Gasteiger partial charge is 0.352 e. The quantitative estimate of drug-likeness (QED) is 0.649. The van der Waals surface area contributed by atoms with Gasteiger partial charge in [0.05, 0.1) is 17.6 Å². The Morgan fingerprint density at radius 1 is 1.21 bits per heavy atom. The van der Waals surface area contributed by atoms with Gasteiger partial charge in [0.1, 0.15) is 6.54 Å². The predicted octanol–water partition coefficient (Wildman–Crippen LogP) is 1.89. The molecule has 1 aliphatic rings. The van der Waals surface area contributed by atoms with Gasteiger partial charge >= 0.3 is 5.69 Å². The van der Waals surface area contributed by atoms with Crippen LogP contribution < -0.4 is 5.69 Å². The highest BCUT2D eigenvalue weighted by atomic mass is 16.5. The van der Waals surface area contributed by atoms with Gasteiger partial charge < -0.3 is 14.2 Å². The summed E-state index contributed by atoms with van der Waals surface area (Å²) in [5.41, 5.74) is 1.43. The van der Waals surface area contributed by atoms with Crippen molar-refractivity contribution in [1.82, 2.24) is 23.6 Å². The molecular formula is C20H27N5O3. The van der Waals surface area contributed by atoms with E-state index in [1.54, 1.807) is 16.4 Å². The molecule has 28 heavy (non-hydrogen) atoms. The van der Waals surface area contributed by atoms with Gasteiger partial charge in [0.15, 0.2) is 0 Å². The first-order chi connectivity index (χ1) is 13.6. The molecule has 8 nitrogen and oxygen atoms in total. The van der Waals surface area contributed by atoms with Crippen LogP contribution in [-0.4, -0.2) is 56.4 Å². The number of hydrogen-bond donors (Lipinski definition) is 0. The molecule has 0 spiro atoms. The van der Waals surface area contributed by atoms with Crippen LogP contribution in [0.5, 0.6) is 0 Å². The second kappa shape index (κ2) is 7.79. The van der Waals surface area contributed by atoms with E-state index in [9.17, 15) is 9.59 Å². The number of carbonyl (C=O) groups is 1. The van der Waals surface area contributed by atoms with E-state index < -0.39 is 0 Å². The number of amides is 1. The number of imidazole rings is 1. The van der Waals surface area contributed by atoms with Crippen LogP contribution in [0, 0.1) is 0 Å². The molecule has 3 aromatic rings. The SMILES string of the molecule is COCCn1c2ccccc2n2c(=O)n(CC(=O)N(C)C3CCCCC3)nc12. The lowest BCUT2D eigenvalue weighted by atomic mass is 9.94. The first kappa shape index (κ1) is 18.7. The van der Waals surface area contributed by atoms with Gasteiger partial charge in [-0.1, -0.05) is 31.4 Å². The molecule has 0 aliphatic heterocycles. The molecule has 4 rings (SSSR count). The molecule has 8 heteroatoms. The third-order valence-electron chi connectivity index (χ3n) is 5.80. The Bertz CT molecular complexity index is 1040. The average Bonchev–Trinajstić information content (AvgIpc) is 3.21. The van der Waals surface area contributed by atoms with Crippen LogP contribution in [0.3, 0.4) is 0 Å². The van der Waals surface area contributed by atoms with E-state index in [0.29, 0.717) is 18.9 Å². The molecule has 0 unspecified atom stereocenters. The van der Waals surface area contributed by atoms with Crippen LogP contribution >= 0.6 is 0 Å². The molecule has 0 N–H and O–H groups in total. The lowest BCUT2D eigenvalue weighted by Gasteiger charge is -2.31. The van der Waals surface area contributed by atoms with Gasteiger partial charge in [-0.05, 0) is 25.0 Å². The minimum Gasteiger partial charge on any atom is -0.383 e. The van der Waals surface area contributed by atoms with Gasteiger partial charge in [0.25, 0.3) is 0 Å². The van der Waals surface area contributed by atoms with Gasteiger partial charge in [0.2, 0.25) is 11.7 Å². The van der Waals surface area contributed by atoms with Crippen molar-refractivity contribution < 1.29 is 9.53 Å². The molecule has 0 bridgehead atoms. The number of fused-ring (bicyclic) bond motifs is 3. The second-order valence-corrected chi connectivity index (χ2v) is 7.51. The maximum Gasteiger partial charge on any atom is 0.352 e. The number of para-hydroxylation sites is 2. The lowest BCUT2D eigenvalue weighted by Crippen LogP contribution is -2.41. The van der Waals surface area contributed by atoms with Gasteiger partial charge in [-0.15, -0.1) is 5.10 Å². The summed E-state index contributed by atoms with van der Waals surface area (Å²) in [5, 5.41) is 4.50. The molecule has 150 valence electrons. The number of nitrogens with zero attached hydrogens (tertiary/aromatic N) is 5. The van der Waals surface area contributed by atoms with Crippen molar-refractivity contribution in [3.8, 4) is 0 Å². The van der Waals surface area contributed by atoms with E-state index in [1.165, 1.54) is 11.1 Å². The van der Waals surface area contributed by atoms with Crippen LogP contribution in [-0.2, 0) is 22.6 Å². The van der Waals surface area contributed by atoms with E-state index in [2.05, 4.69) is 5.10 Å². The molecule has 1 aliphatic carbocycles. The topological polar surface area (TPSA) is 73.8 Å². The maximum atomic E-state index is 13.0. The fourth-order valence-electron chi connectivity index (χ4n) is 4.19. The highest BCUT2D eigenvalue weighted by Crippen LogP contribution is 2.22. The van der Waals surface area contributed by atoms with Crippen LogP contribution in [0.1, 0.15) is 32.1 Å². The van der Waals surface area contributed by atoms with E-state index in [0.717, 1.165) is 36.7 Å². The number of methoxy groups -OCH3 is 1. The summed E-state index contributed by atoms with van der Waals surface area (Å²) >= 11 is 0. The largest absolute Gasteiger partial charge is 0.383 e. The van der Waals surface area contributed by atoms with Crippen molar-refractivity contribution in [2.75, 3.05) is 20.8 Å². The fourth-order valence-corrected chi connectivity index (χ4v) is 4.19. The van der Waals surface area contributed by atoms with Crippen molar-refractivity contribution in [3.05, 3.63) is 34.7 Å². The third kappa shape index (κ3) is 3.22.